The minimum atomic E-state index is 0.0908. The quantitative estimate of drug-likeness (QED) is 0.333. The highest BCUT2D eigenvalue weighted by Gasteiger charge is 2.26. The molecule has 0 amide bonds. The molecule has 0 aliphatic heterocycles. The molecule has 32 heavy (non-hydrogen) atoms. The molecule has 154 valence electrons. The van der Waals surface area contributed by atoms with Crippen LogP contribution in [0.15, 0.2) is 85.5 Å². The van der Waals surface area contributed by atoms with E-state index < -0.39 is 0 Å². The minimum Gasteiger partial charge on any atom is -0.289 e. The molecule has 0 fully saturated rings. The number of carbonyl (C=O) groups excluding carboxylic acids is 1. The molecule has 0 N–H and O–H groups in total. The van der Waals surface area contributed by atoms with Crippen molar-refractivity contribution in [1.29, 1.82) is 0 Å². The van der Waals surface area contributed by atoms with Crippen molar-refractivity contribution in [2.45, 2.75) is 13.5 Å². The molecule has 2 heterocycles. The highest BCUT2D eigenvalue weighted by Crippen LogP contribution is 2.38. The zero-order valence-electron chi connectivity index (χ0n) is 17.9. The highest BCUT2D eigenvalue weighted by molar-refractivity contribution is 6.22. The zero-order chi connectivity index (χ0) is 21.9. The van der Waals surface area contributed by atoms with Gasteiger partial charge in [0.25, 0.3) is 0 Å². The van der Waals surface area contributed by atoms with E-state index in [1.165, 1.54) is 0 Å². The van der Waals surface area contributed by atoms with Crippen LogP contribution in [0.1, 0.15) is 45.1 Å². The Morgan fingerprint density at radius 2 is 1.16 bits per heavy atom. The van der Waals surface area contributed by atoms with Gasteiger partial charge in [-0.2, -0.15) is 0 Å². The van der Waals surface area contributed by atoms with Crippen LogP contribution in [0, 0.1) is 0 Å². The molecular weight excluding hydrogens is 392 g/mol. The molecule has 0 spiro atoms. The topological polar surface area (TPSA) is 33.8 Å². The van der Waals surface area contributed by atoms with E-state index in [9.17, 15) is 4.79 Å². The van der Waals surface area contributed by atoms with Crippen LogP contribution in [0.5, 0.6) is 0 Å². The molecule has 0 unspecified atom stereocenters. The van der Waals surface area contributed by atoms with Crippen LogP contribution in [0.3, 0.4) is 0 Å². The third-order valence-electron chi connectivity index (χ3n) is 5.79. The van der Waals surface area contributed by atoms with Gasteiger partial charge in [0.05, 0.1) is 0 Å². The van der Waals surface area contributed by atoms with Crippen LogP contribution in [0.4, 0.5) is 0 Å². The number of benzene rings is 2. The third-order valence-corrected chi connectivity index (χ3v) is 5.79. The summed E-state index contributed by atoms with van der Waals surface area (Å²) in [6, 6.07) is 20.3. The first kappa shape index (κ1) is 19.8. The molecule has 1 aliphatic rings. The molecule has 1 aliphatic carbocycles. The fourth-order valence-corrected chi connectivity index (χ4v) is 3.97. The van der Waals surface area contributed by atoms with E-state index in [0.717, 1.165) is 51.1 Å². The molecule has 3 nitrogen and oxygen atoms in total. The number of ketones is 1. The van der Waals surface area contributed by atoms with E-state index in [2.05, 4.69) is 71.4 Å². The van der Waals surface area contributed by atoms with Crippen LogP contribution in [0.25, 0.3) is 35.4 Å². The van der Waals surface area contributed by atoms with Crippen molar-refractivity contribution in [2.75, 3.05) is 0 Å². The largest absolute Gasteiger partial charge is 0.289 e. The van der Waals surface area contributed by atoms with Crippen molar-refractivity contribution in [2.24, 2.45) is 0 Å². The van der Waals surface area contributed by atoms with Crippen molar-refractivity contribution >= 4 is 30.1 Å². The van der Waals surface area contributed by atoms with E-state index in [0.29, 0.717) is 0 Å². The Labute approximate surface area is 188 Å². The summed E-state index contributed by atoms with van der Waals surface area (Å²) in [7, 11) is 0. The van der Waals surface area contributed by atoms with Gasteiger partial charge in [0.2, 0.25) is 0 Å². The molecule has 4 aromatic rings. The molecule has 2 aromatic heterocycles. The number of fused-ring (bicyclic) bond motifs is 3. The van der Waals surface area contributed by atoms with Gasteiger partial charge in [0.15, 0.2) is 18.2 Å². The van der Waals surface area contributed by atoms with E-state index in [1.54, 1.807) is 12.4 Å². The number of aryl methyl sites for hydroxylation is 1. The molecule has 0 saturated carbocycles. The molecule has 0 radical (unpaired) electrons. The molecule has 5 rings (SSSR count). The third kappa shape index (κ3) is 3.93. The normalized spacial score (nSPS) is 12.5. The van der Waals surface area contributed by atoms with Crippen LogP contribution in [0.2, 0.25) is 0 Å². The van der Waals surface area contributed by atoms with Crippen LogP contribution in [-0.2, 0) is 6.54 Å². The summed E-state index contributed by atoms with van der Waals surface area (Å²) in [5.41, 5.74) is 7.80. The Balaban J connectivity index is 1.39. The standard InChI is InChI=1S/C29H23N2O/c1-2-31-17-13-22(14-18-31)4-6-24-8-10-26-25-9-7-23(5-3-21-11-15-30-16-12-21)19-27(25)29(32)28(26)20-24/h3-20H,2H2,1H3/q+1/b5-3+,6-4+. The molecule has 0 bridgehead atoms. The van der Waals surface area contributed by atoms with Crippen molar-refractivity contribution < 1.29 is 9.36 Å². The fourth-order valence-electron chi connectivity index (χ4n) is 3.97. The predicted molar refractivity (Wildman–Crippen MR) is 130 cm³/mol. The second kappa shape index (κ2) is 8.56. The first-order valence-corrected chi connectivity index (χ1v) is 10.8. The average molecular weight is 416 g/mol. The maximum Gasteiger partial charge on any atom is 0.194 e. The molecule has 0 atom stereocenters. The number of pyridine rings is 2. The summed E-state index contributed by atoms with van der Waals surface area (Å²) in [6.45, 7) is 3.08. The summed E-state index contributed by atoms with van der Waals surface area (Å²) >= 11 is 0. The lowest BCUT2D eigenvalue weighted by molar-refractivity contribution is -0.693. The van der Waals surface area contributed by atoms with E-state index in [1.807, 2.05) is 42.5 Å². The van der Waals surface area contributed by atoms with Gasteiger partial charge in [-0.1, -0.05) is 48.6 Å². The molecule has 3 heteroatoms. The second-order valence-corrected chi connectivity index (χ2v) is 7.85. The van der Waals surface area contributed by atoms with Crippen LogP contribution >= 0.6 is 0 Å². The van der Waals surface area contributed by atoms with Gasteiger partial charge in [-0.05, 0) is 64.6 Å². The smallest absolute Gasteiger partial charge is 0.194 e. The lowest BCUT2D eigenvalue weighted by Crippen LogP contribution is -2.30. The monoisotopic (exact) mass is 415 g/mol. The highest BCUT2D eigenvalue weighted by atomic mass is 16.1. The first-order valence-electron chi connectivity index (χ1n) is 10.8. The van der Waals surface area contributed by atoms with Crippen molar-refractivity contribution in [1.82, 2.24) is 4.98 Å². The molecule has 0 saturated heterocycles. The lowest BCUT2D eigenvalue weighted by Gasteiger charge is -2.02. The van der Waals surface area contributed by atoms with Gasteiger partial charge in [-0.3, -0.25) is 9.78 Å². The number of hydrogen-bond donors (Lipinski definition) is 0. The van der Waals surface area contributed by atoms with Gasteiger partial charge >= 0.3 is 0 Å². The second-order valence-electron chi connectivity index (χ2n) is 7.85. The van der Waals surface area contributed by atoms with Crippen molar-refractivity contribution in [3.8, 4) is 11.1 Å². The fraction of sp³-hybridized carbons (Fsp3) is 0.0690. The number of hydrogen-bond acceptors (Lipinski definition) is 2. The Hall–Kier alpha value is -4.11. The Morgan fingerprint density at radius 1 is 0.656 bits per heavy atom. The maximum absolute atomic E-state index is 13.2. The summed E-state index contributed by atoms with van der Waals surface area (Å²) in [5.74, 6) is 0.0908. The van der Waals surface area contributed by atoms with Gasteiger partial charge < -0.3 is 0 Å². The summed E-state index contributed by atoms with van der Waals surface area (Å²) in [6.07, 6.45) is 15.9. The number of carbonyl (C=O) groups is 1. The van der Waals surface area contributed by atoms with Gasteiger partial charge in [0.1, 0.15) is 6.54 Å². The Kier molecular flexibility index (Phi) is 5.30. The maximum atomic E-state index is 13.2. The summed E-state index contributed by atoms with van der Waals surface area (Å²) in [4.78, 5) is 17.2. The molecular formula is C29H23N2O+. The van der Waals surface area contributed by atoms with Gasteiger partial charge in [-0.15, -0.1) is 0 Å². The van der Waals surface area contributed by atoms with E-state index >= 15 is 0 Å². The average Bonchev–Trinajstić information content (AvgIpc) is 3.13. The molecule has 2 aromatic carbocycles. The van der Waals surface area contributed by atoms with Crippen LogP contribution < -0.4 is 4.57 Å². The Morgan fingerprint density at radius 3 is 1.69 bits per heavy atom. The SMILES string of the molecule is CC[n+]1ccc(/C=C/c2ccc3c(c2)C(=O)c2cc(/C=C/c4ccncc4)ccc2-3)cc1. The van der Waals surface area contributed by atoms with Crippen LogP contribution in [-0.4, -0.2) is 10.8 Å². The number of aromatic nitrogens is 2. The first-order chi connectivity index (χ1) is 15.7. The summed E-state index contributed by atoms with van der Waals surface area (Å²) in [5, 5.41) is 0. The van der Waals surface area contributed by atoms with Crippen molar-refractivity contribution in [3.05, 3.63) is 119 Å². The Bertz CT molecular complexity index is 1350. The zero-order valence-corrected chi connectivity index (χ0v) is 17.9. The van der Waals surface area contributed by atoms with Gasteiger partial charge in [0, 0.05) is 35.7 Å². The lowest BCUT2D eigenvalue weighted by atomic mass is 10.0. The predicted octanol–water partition coefficient (Wildman–Crippen LogP) is 5.94. The van der Waals surface area contributed by atoms with E-state index in [-0.39, 0.29) is 5.78 Å². The van der Waals surface area contributed by atoms with E-state index in [4.69, 9.17) is 0 Å². The summed E-state index contributed by atoms with van der Waals surface area (Å²) < 4.78 is 2.13. The number of rotatable bonds is 5. The number of nitrogens with zero attached hydrogens (tertiary/aromatic N) is 2. The van der Waals surface area contributed by atoms with Crippen molar-refractivity contribution in [3.63, 3.8) is 0 Å². The van der Waals surface area contributed by atoms with Gasteiger partial charge in [-0.25, -0.2) is 4.57 Å². The minimum absolute atomic E-state index is 0.0908.